The normalized spacial score (nSPS) is 16.3. The zero-order chi connectivity index (χ0) is 29.4. The Balaban J connectivity index is 1.04. The second-order valence-electron chi connectivity index (χ2n) is 11.3. The molecule has 1 aliphatic carbocycles. The largest absolute Gasteiger partial charge is 0.385 e. The highest BCUT2D eigenvalue weighted by atomic mass is 35.5. The van der Waals surface area contributed by atoms with Crippen molar-refractivity contribution in [2.75, 3.05) is 23.3 Å². The van der Waals surface area contributed by atoms with Gasteiger partial charge in [0.05, 0.1) is 23.5 Å². The van der Waals surface area contributed by atoms with E-state index < -0.39 is 5.60 Å². The lowest BCUT2D eigenvalue weighted by Gasteiger charge is -2.39. The van der Waals surface area contributed by atoms with Crippen molar-refractivity contribution < 1.29 is 9.90 Å². The van der Waals surface area contributed by atoms with E-state index in [2.05, 4.69) is 20.3 Å². The summed E-state index contributed by atoms with van der Waals surface area (Å²) in [6.07, 6.45) is 6.89. The maximum Gasteiger partial charge on any atom is 0.254 e. The number of pyridine rings is 2. The fraction of sp³-hybridized carbons (Fsp3) is 0.273. The van der Waals surface area contributed by atoms with Gasteiger partial charge in [-0.05, 0) is 91.9 Å². The molecule has 5 aromatic rings. The molecule has 2 aromatic carbocycles. The number of aliphatic hydroxyl groups is 1. The average molecular weight is 594 g/mol. The number of amides is 1. The fourth-order valence-corrected chi connectivity index (χ4v) is 5.89. The molecule has 4 heterocycles. The second-order valence-corrected chi connectivity index (χ2v) is 11.7. The standard InChI is InChI=1S/C33H32ClN7O2/c34-25-10-8-24(9-11-25)33(43)16-20-39(21-17-33)29-5-3-19-41-30(29)37-32(38-41)36-26-12-6-23(7-13-26)31(42)40(28-14-15-28)22-27-4-1-2-18-35-27/h1-13,18-19,28,43H,14-17,20-22H2,(H,36,38). The van der Waals surface area contributed by atoms with Gasteiger partial charge < -0.3 is 20.2 Å². The van der Waals surface area contributed by atoms with Crippen LogP contribution in [0.15, 0.2) is 91.3 Å². The number of nitrogens with one attached hydrogen (secondary N) is 1. The minimum atomic E-state index is -0.881. The number of halogens is 1. The highest BCUT2D eigenvalue weighted by molar-refractivity contribution is 6.30. The van der Waals surface area contributed by atoms with Crippen molar-refractivity contribution in [3.8, 4) is 0 Å². The first-order chi connectivity index (χ1) is 20.9. The third kappa shape index (κ3) is 5.78. The molecule has 9 nitrogen and oxygen atoms in total. The van der Waals surface area contributed by atoms with Gasteiger partial charge in [0.25, 0.3) is 5.91 Å². The van der Waals surface area contributed by atoms with E-state index in [1.807, 2.05) is 90.0 Å². The number of hydrogen-bond donors (Lipinski definition) is 2. The van der Waals surface area contributed by atoms with Crippen molar-refractivity contribution in [3.05, 3.63) is 113 Å². The summed E-state index contributed by atoms with van der Waals surface area (Å²) in [5.41, 5.74) is 4.04. The monoisotopic (exact) mass is 593 g/mol. The summed E-state index contributed by atoms with van der Waals surface area (Å²) in [6.45, 7) is 1.87. The number of anilines is 3. The van der Waals surface area contributed by atoms with Gasteiger partial charge in [-0.15, -0.1) is 5.10 Å². The van der Waals surface area contributed by atoms with E-state index >= 15 is 0 Å². The Labute approximate surface area is 254 Å². The summed E-state index contributed by atoms with van der Waals surface area (Å²) >= 11 is 6.05. The van der Waals surface area contributed by atoms with Crippen LogP contribution >= 0.6 is 11.6 Å². The molecule has 1 aliphatic heterocycles. The summed E-state index contributed by atoms with van der Waals surface area (Å²) in [6, 6.07) is 25.0. The lowest BCUT2D eigenvalue weighted by molar-refractivity contribution is 0.0118. The van der Waals surface area contributed by atoms with Gasteiger partial charge in [0, 0.05) is 47.8 Å². The minimum Gasteiger partial charge on any atom is -0.385 e. The predicted molar refractivity (Wildman–Crippen MR) is 167 cm³/mol. The molecular weight excluding hydrogens is 562 g/mol. The van der Waals surface area contributed by atoms with Crippen LogP contribution in [0.25, 0.3) is 5.65 Å². The highest BCUT2D eigenvalue weighted by Gasteiger charge is 2.35. The molecule has 218 valence electrons. The van der Waals surface area contributed by atoms with Crippen molar-refractivity contribution in [2.24, 2.45) is 0 Å². The number of hydrogen-bond acceptors (Lipinski definition) is 7. The van der Waals surface area contributed by atoms with E-state index in [9.17, 15) is 9.90 Å². The molecule has 1 amide bonds. The SMILES string of the molecule is O=C(c1ccc(Nc2nc3c(N4CCC(O)(c5ccc(Cl)cc5)CC4)cccn3n2)cc1)N(Cc1ccccn1)C1CC1. The Morgan fingerprint density at radius 3 is 2.47 bits per heavy atom. The quantitative estimate of drug-likeness (QED) is 0.234. The van der Waals surface area contributed by atoms with E-state index in [4.69, 9.17) is 16.6 Å². The molecule has 1 saturated carbocycles. The number of fused-ring (bicyclic) bond motifs is 1. The van der Waals surface area contributed by atoms with Gasteiger partial charge in [0.1, 0.15) is 0 Å². The third-order valence-electron chi connectivity index (χ3n) is 8.35. The number of carbonyl (C=O) groups excluding carboxylic acids is 1. The number of carbonyl (C=O) groups is 1. The van der Waals surface area contributed by atoms with Crippen molar-refractivity contribution in [2.45, 2.75) is 43.9 Å². The van der Waals surface area contributed by atoms with Crippen LogP contribution in [0.1, 0.15) is 47.3 Å². The van der Waals surface area contributed by atoms with Crippen LogP contribution in [-0.2, 0) is 12.1 Å². The van der Waals surface area contributed by atoms with Gasteiger partial charge in [-0.3, -0.25) is 9.78 Å². The Morgan fingerprint density at radius 1 is 1.00 bits per heavy atom. The van der Waals surface area contributed by atoms with E-state index in [0.717, 1.165) is 41.1 Å². The van der Waals surface area contributed by atoms with E-state index in [1.54, 1.807) is 10.7 Å². The first kappa shape index (κ1) is 27.4. The van der Waals surface area contributed by atoms with Crippen molar-refractivity contribution >= 4 is 40.5 Å². The predicted octanol–water partition coefficient (Wildman–Crippen LogP) is 5.81. The number of rotatable bonds is 8. The fourth-order valence-electron chi connectivity index (χ4n) is 5.77. The molecule has 1 saturated heterocycles. The van der Waals surface area contributed by atoms with Crippen LogP contribution in [0.3, 0.4) is 0 Å². The molecule has 0 radical (unpaired) electrons. The molecule has 0 spiro atoms. The first-order valence-corrected chi connectivity index (χ1v) is 15.0. The number of aromatic nitrogens is 4. The van der Waals surface area contributed by atoms with Crippen LogP contribution in [0, 0.1) is 0 Å². The van der Waals surface area contributed by atoms with Crippen LogP contribution < -0.4 is 10.2 Å². The molecule has 2 aliphatic rings. The summed E-state index contributed by atoms with van der Waals surface area (Å²) in [5, 5.41) is 19.9. The Morgan fingerprint density at radius 2 is 1.77 bits per heavy atom. The molecule has 0 unspecified atom stereocenters. The van der Waals surface area contributed by atoms with Gasteiger partial charge in [0.15, 0.2) is 5.65 Å². The van der Waals surface area contributed by atoms with E-state index in [-0.39, 0.29) is 11.9 Å². The molecule has 43 heavy (non-hydrogen) atoms. The number of piperidine rings is 1. The average Bonchev–Trinajstić information content (AvgIpc) is 3.79. The Hall–Kier alpha value is -4.47. The molecular formula is C33H32ClN7O2. The Kier molecular flexibility index (Phi) is 7.20. The first-order valence-electron chi connectivity index (χ1n) is 14.6. The van der Waals surface area contributed by atoms with Crippen molar-refractivity contribution in [1.29, 1.82) is 0 Å². The van der Waals surface area contributed by atoms with Crippen molar-refractivity contribution in [1.82, 2.24) is 24.5 Å². The zero-order valence-corrected chi connectivity index (χ0v) is 24.4. The van der Waals surface area contributed by atoms with Crippen LogP contribution in [0.2, 0.25) is 5.02 Å². The molecule has 2 fully saturated rings. The van der Waals surface area contributed by atoms with Gasteiger partial charge in [0.2, 0.25) is 5.95 Å². The highest BCUT2D eigenvalue weighted by Crippen LogP contribution is 2.36. The molecule has 0 bridgehead atoms. The summed E-state index contributed by atoms with van der Waals surface area (Å²) in [7, 11) is 0. The van der Waals surface area contributed by atoms with Gasteiger partial charge >= 0.3 is 0 Å². The van der Waals surface area contributed by atoms with Crippen LogP contribution in [0.4, 0.5) is 17.3 Å². The molecule has 7 rings (SSSR count). The summed E-state index contributed by atoms with van der Waals surface area (Å²) in [4.78, 5) is 26.7. The maximum atomic E-state index is 13.4. The second kappa shape index (κ2) is 11.3. The Bertz CT molecular complexity index is 1730. The van der Waals surface area contributed by atoms with Crippen LogP contribution in [-0.4, -0.2) is 54.6 Å². The molecule has 10 heteroatoms. The van der Waals surface area contributed by atoms with Crippen molar-refractivity contribution in [3.63, 3.8) is 0 Å². The van der Waals surface area contributed by atoms with Gasteiger partial charge in [-0.2, -0.15) is 4.98 Å². The van der Waals surface area contributed by atoms with E-state index in [0.29, 0.717) is 49.0 Å². The summed E-state index contributed by atoms with van der Waals surface area (Å²) < 4.78 is 1.76. The topological polar surface area (TPSA) is 98.9 Å². The molecule has 0 atom stereocenters. The number of nitrogens with zero attached hydrogens (tertiary/aromatic N) is 6. The lowest BCUT2D eigenvalue weighted by Crippen LogP contribution is -2.42. The lowest BCUT2D eigenvalue weighted by atomic mass is 9.84. The third-order valence-corrected chi connectivity index (χ3v) is 8.60. The van der Waals surface area contributed by atoms with E-state index in [1.165, 1.54) is 0 Å². The minimum absolute atomic E-state index is 0.0136. The van der Waals surface area contributed by atoms with Gasteiger partial charge in [-0.25, -0.2) is 4.52 Å². The zero-order valence-electron chi connectivity index (χ0n) is 23.6. The smallest absolute Gasteiger partial charge is 0.254 e. The van der Waals surface area contributed by atoms with Gasteiger partial charge in [-0.1, -0.05) is 29.8 Å². The molecule has 3 aromatic heterocycles. The number of benzene rings is 2. The maximum absolute atomic E-state index is 13.4. The van der Waals surface area contributed by atoms with Crippen LogP contribution in [0.5, 0.6) is 0 Å². The summed E-state index contributed by atoms with van der Waals surface area (Å²) in [5.74, 6) is 0.482. The molecule has 2 N–H and O–H groups in total.